The molecule has 1 amide bonds. The standard InChI is InChI=1S/C17H22FNO4/c18-14-9-5-6-10-15(14)22-12-17(21)23-11-16(20)19-13-7-3-1-2-4-8-13/h5-6,9-10,13H,1-4,7-8,11-12H2,(H,19,20). The van der Waals surface area contributed by atoms with Gasteiger partial charge in [-0.1, -0.05) is 37.8 Å². The number of carbonyl (C=O) groups excluding carboxylic acids is 2. The number of benzene rings is 1. The van der Waals surface area contributed by atoms with Crippen LogP contribution in [0.25, 0.3) is 0 Å². The second-order valence-corrected chi connectivity index (χ2v) is 5.64. The third-order valence-electron chi connectivity index (χ3n) is 3.77. The van der Waals surface area contributed by atoms with Crippen molar-refractivity contribution in [3.63, 3.8) is 0 Å². The van der Waals surface area contributed by atoms with E-state index in [1.165, 1.54) is 31.0 Å². The predicted molar refractivity (Wildman–Crippen MR) is 82.5 cm³/mol. The van der Waals surface area contributed by atoms with Crippen molar-refractivity contribution < 1.29 is 23.5 Å². The van der Waals surface area contributed by atoms with E-state index >= 15 is 0 Å². The maximum absolute atomic E-state index is 13.3. The summed E-state index contributed by atoms with van der Waals surface area (Å²) >= 11 is 0. The number of carbonyl (C=O) groups is 2. The molecule has 1 saturated carbocycles. The lowest BCUT2D eigenvalue weighted by molar-refractivity contribution is -0.150. The Morgan fingerprint density at radius 1 is 1.09 bits per heavy atom. The number of esters is 1. The predicted octanol–water partition coefficient (Wildman–Crippen LogP) is 2.59. The normalized spacial score (nSPS) is 15.5. The summed E-state index contributed by atoms with van der Waals surface area (Å²) < 4.78 is 23.2. The smallest absolute Gasteiger partial charge is 0.344 e. The fourth-order valence-electron chi connectivity index (χ4n) is 2.58. The van der Waals surface area contributed by atoms with Crippen molar-refractivity contribution in [2.45, 2.75) is 44.6 Å². The van der Waals surface area contributed by atoms with E-state index < -0.39 is 18.4 Å². The molecule has 6 heteroatoms. The van der Waals surface area contributed by atoms with Crippen LogP contribution >= 0.6 is 0 Å². The van der Waals surface area contributed by atoms with Crippen LogP contribution in [-0.2, 0) is 14.3 Å². The highest BCUT2D eigenvalue weighted by molar-refractivity contribution is 5.81. The fourth-order valence-corrected chi connectivity index (χ4v) is 2.58. The third kappa shape index (κ3) is 6.26. The first-order chi connectivity index (χ1) is 11.1. The first-order valence-electron chi connectivity index (χ1n) is 7.97. The Kier molecular flexibility index (Phi) is 6.84. The van der Waals surface area contributed by atoms with Gasteiger partial charge in [0.05, 0.1) is 0 Å². The average Bonchev–Trinajstić information content (AvgIpc) is 2.81. The number of hydrogen-bond donors (Lipinski definition) is 1. The molecule has 1 fully saturated rings. The van der Waals surface area contributed by atoms with E-state index in [0.29, 0.717) is 0 Å². The van der Waals surface area contributed by atoms with E-state index in [4.69, 9.17) is 9.47 Å². The van der Waals surface area contributed by atoms with Crippen LogP contribution in [0.3, 0.4) is 0 Å². The van der Waals surface area contributed by atoms with Crippen molar-refractivity contribution in [3.05, 3.63) is 30.1 Å². The summed E-state index contributed by atoms with van der Waals surface area (Å²) in [5.41, 5.74) is 0. The van der Waals surface area contributed by atoms with Crippen LogP contribution in [0.5, 0.6) is 5.75 Å². The first kappa shape index (κ1) is 17.2. The molecule has 1 aromatic carbocycles. The Balaban J connectivity index is 1.65. The topological polar surface area (TPSA) is 64.6 Å². The monoisotopic (exact) mass is 323 g/mol. The maximum atomic E-state index is 13.3. The minimum Gasteiger partial charge on any atom is -0.479 e. The molecule has 0 unspecified atom stereocenters. The van der Waals surface area contributed by atoms with Crippen LogP contribution in [0.4, 0.5) is 4.39 Å². The molecule has 0 aliphatic heterocycles. The maximum Gasteiger partial charge on any atom is 0.344 e. The zero-order valence-electron chi connectivity index (χ0n) is 13.1. The number of para-hydroxylation sites is 1. The summed E-state index contributed by atoms with van der Waals surface area (Å²) in [7, 11) is 0. The summed E-state index contributed by atoms with van der Waals surface area (Å²) in [6.07, 6.45) is 6.57. The van der Waals surface area contributed by atoms with E-state index in [1.807, 2.05) is 0 Å². The van der Waals surface area contributed by atoms with Gasteiger partial charge in [0, 0.05) is 6.04 Å². The second kappa shape index (κ2) is 9.12. The zero-order chi connectivity index (χ0) is 16.5. The molecule has 1 N–H and O–H groups in total. The number of rotatable bonds is 6. The Bertz CT molecular complexity index is 527. The summed E-state index contributed by atoms with van der Waals surface area (Å²) in [5.74, 6) is -1.58. The molecule has 0 aromatic heterocycles. The van der Waals surface area contributed by atoms with Crippen molar-refractivity contribution in [3.8, 4) is 5.75 Å². The lowest BCUT2D eigenvalue weighted by atomic mass is 10.1. The average molecular weight is 323 g/mol. The van der Waals surface area contributed by atoms with Gasteiger partial charge in [-0.2, -0.15) is 0 Å². The molecule has 1 aliphatic rings. The van der Waals surface area contributed by atoms with Crippen LogP contribution in [0.1, 0.15) is 38.5 Å². The highest BCUT2D eigenvalue weighted by Gasteiger charge is 2.16. The third-order valence-corrected chi connectivity index (χ3v) is 3.77. The van der Waals surface area contributed by atoms with Gasteiger partial charge < -0.3 is 14.8 Å². The van der Waals surface area contributed by atoms with Gasteiger partial charge in [0.1, 0.15) is 0 Å². The van der Waals surface area contributed by atoms with Crippen LogP contribution in [0.15, 0.2) is 24.3 Å². The molecule has 23 heavy (non-hydrogen) atoms. The first-order valence-corrected chi connectivity index (χ1v) is 7.97. The SMILES string of the molecule is O=C(COC(=O)COc1ccccc1F)NC1CCCCCC1. The zero-order valence-corrected chi connectivity index (χ0v) is 13.1. The Morgan fingerprint density at radius 3 is 2.48 bits per heavy atom. The molecule has 1 aliphatic carbocycles. The Labute approximate surface area is 135 Å². The largest absolute Gasteiger partial charge is 0.479 e. The molecule has 0 heterocycles. The van der Waals surface area contributed by atoms with E-state index in [1.54, 1.807) is 6.07 Å². The van der Waals surface area contributed by atoms with Crippen molar-refractivity contribution in [2.75, 3.05) is 13.2 Å². The van der Waals surface area contributed by atoms with Gasteiger partial charge in [-0.05, 0) is 25.0 Å². The minimum absolute atomic E-state index is 0.0210. The second-order valence-electron chi connectivity index (χ2n) is 5.64. The van der Waals surface area contributed by atoms with Crippen LogP contribution in [-0.4, -0.2) is 31.1 Å². The van der Waals surface area contributed by atoms with Gasteiger partial charge >= 0.3 is 5.97 Å². The number of hydrogen-bond acceptors (Lipinski definition) is 4. The van der Waals surface area contributed by atoms with Crippen molar-refractivity contribution in [2.24, 2.45) is 0 Å². The van der Waals surface area contributed by atoms with E-state index in [9.17, 15) is 14.0 Å². The molecule has 1 aromatic rings. The molecule has 126 valence electrons. The molecule has 0 atom stereocenters. The van der Waals surface area contributed by atoms with E-state index in [2.05, 4.69) is 5.32 Å². The van der Waals surface area contributed by atoms with E-state index in [-0.39, 0.29) is 24.3 Å². The summed E-state index contributed by atoms with van der Waals surface area (Å²) in [6.45, 7) is -0.770. The Hall–Kier alpha value is -2.11. The van der Waals surface area contributed by atoms with Gasteiger partial charge in [0.2, 0.25) is 0 Å². The van der Waals surface area contributed by atoms with Gasteiger partial charge in [-0.25, -0.2) is 9.18 Å². The fraction of sp³-hybridized carbons (Fsp3) is 0.529. The molecular weight excluding hydrogens is 301 g/mol. The summed E-state index contributed by atoms with van der Waals surface area (Å²) in [4.78, 5) is 23.3. The van der Waals surface area contributed by atoms with E-state index in [0.717, 1.165) is 25.7 Å². The molecule has 0 spiro atoms. The number of ether oxygens (including phenoxy) is 2. The van der Waals surface area contributed by atoms with Crippen LogP contribution in [0, 0.1) is 5.82 Å². The highest BCUT2D eigenvalue weighted by Crippen LogP contribution is 2.17. The summed E-state index contributed by atoms with van der Waals surface area (Å²) in [6, 6.07) is 5.95. The van der Waals surface area contributed by atoms with Crippen LogP contribution in [0.2, 0.25) is 0 Å². The Morgan fingerprint density at radius 2 is 1.78 bits per heavy atom. The molecule has 0 bridgehead atoms. The summed E-state index contributed by atoms with van der Waals surface area (Å²) in [5, 5.41) is 2.88. The van der Waals surface area contributed by atoms with Gasteiger partial charge in [-0.15, -0.1) is 0 Å². The minimum atomic E-state index is -0.704. The molecule has 0 radical (unpaired) electrons. The lowest BCUT2D eigenvalue weighted by Gasteiger charge is -2.16. The lowest BCUT2D eigenvalue weighted by Crippen LogP contribution is -2.37. The van der Waals surface area contributed by atoms with Gasteiger partial charge in [0.15, 0.2) is 24.8 Å². The molecule has 0 saturated heterocycles. The van der Waals surface area contributed by atoms with Crippen LogP contribution < -0.4 is 10.1 Å². The quantitative estimate of drug-likeness (QED) is 0.645. The van der Waals surface area contributed by atoms with Crippen molar-refractivity contribution >= 4 is 11.9 Å². The number of nitrogens with one attached hydrogen (secondary N) is 1. The number of halogens is 1. The molecule has 2 rings (SSSR count). The highest BCUT2D eigenvalue weighted by atomic mass is 19.1. The van der Waals surface area contributed by atoms with Crippen molar-refractivity contribution in [1.82, 2.24) is 5.32 Å². The van der Waals surface area contributed by atoms with Crippen molar-refractivity contribution in [1.29, 1.82) is 0 Å². The molecular formula is C17H22FNO4. The van der Waals surface area contributed by atoms with Gasteiger partial charge in [0.25, 0.3) is 5.91 Å². The number of amides is 1. The molecule has 5 nitrogen and oxygen atoms in total. The van der Waals surface area contributed by atoms with Gasteiger partial charge in [-0.3, -0.25) is 4.79 Å².